The first kappa shape index (κ1) is 12.7. The van der Waals surface area contributed by atoms with Crippen molar-refractivity contribution in [1.29, 1.82) is 0 Å². The quantitative estimate of drug-likeness (QED) is 0.755. The van der Waals surface area contributed by atoms with Crippen LogP contribution in [0.5, 0.6) is 0 Å². The van der Waals surface area contributed by atoms with Gasteiger partial charge >= 0.3 is 0 Å². The molecule has 0 spiro atoms. The Hall–Kier alpha value is -2.07. The van der Waals surface area contributed by atoms with Crippen LogP contribution in [-0.4, -0.2) is 9.55 Å². The van der Waals surface area contributed by atoms with Gasteiger partial charge in [0.2, 0.25) is 5.95 Å². The second kappa shape index (κ2) is 5.04. The normalized spacial score (nSPS) is 17.3. The van der Waals surface area contributed by atoms with Crippen molar-refractivity contribution in [3.05, 3.63) is 58.4 Å². The lowest BCUT2D eigenvalue weighted by atomic mass is 10.1. The van der Waals surface area contributed by atoms with Crippen LogP contribution in [0.3, 0.4) is 0 Å². The molecule has 1 aliphatic rings. The molecule has 1 aromatic carbocycles. The van der Waals surface area contributed by atoms with Crippen molar-refractivity contribution in [3.63, 3.8) is 0 Å². The highest BCUT2D eigenvalue weighted by atomic mass is 32.1. The Labute approximate surface area is 128 Å². The molecule has 0 amide bonds. The number of rotatable bonds is 2. The predicted octanol–water partition coefficient (Wildman–Crippen LogP) is 4.48. The summed E-state index contributed by atoms with van der Waals surface area (Å²) < 4.78 is 2.22. The number of hydrogen-bond acceptors (Lipinski definition) is 3. The van der Waals surface area contributed by atoms with Crippen LogP contribution in [0.15, 0.2) is 48.0 Å². The molecule has 4 heteroatoms. The van der Waals surface area contributed by atoms with Crippen LogP contribution < -0.4 is 5.32 Å². The number of nitrogens with one attached hydrogen (secondary N) is 1. The summed E-state index contributed by atoms with van der Waals surface area (Å²) in [6.45, 7) is 3.20. The van der Waals surface area contributed by atoms with Crippen LogP contribution in [0.4, 0.5) is 5.95 Å². The number of benzene rings is 1. The molecule has 21 heavy (non-hydrogen) atoms. The van der Waals surface area contributed by atoms with Gasteiger partial charge in [-0.15, -0.1) is 11.3 Å². The summed E-state index contributed by atoms with van der Waals surface area (Å²) in [5.41, 5.74) is 3.59. The van der Waals surface area contributed by atoms with Crippen molar-refractivity contribution in [2.75, 3.05) is 5.32 Å². The Morgan fingerprint density at radius 2 is 2.10 bits per heavy atom. The van der Waals surface area contributed by atoms with E-state index in [0.717, 1.165) is 24.6 Å². The van der Waals surface area contributed by atoms with E-state index in [1.165, 1.54) is 16.0 Å². The van der Waals surface area contributed by atoms with Crippen LogP contribution in [0.2, 0.25) is 0 Å². The first-order valence-corrected chi connectivity index (χ1v) is 8.12. The van der Waals surface area contributed by atoms with Gasteiger partial charge in [0.25, 0.3) is 0 Å². The molecule has 106 valence electrons. The van der Waals surface area contributed by atoms with Gasteiger partial charge < -0.3 is 9.88 Å². The van der Waals surface area contributed by atoms with Crippen LogP contribution in [0, 0.1) is 6.92 Å². The second-order valence-electron chi connectivity index (χ2n) is 5.46. The number of aromatic nitrogens is 2. The number of imidazole rings is 1. The van der Waals surface area contributed by atoms with Gasteiger partial charge in [-0.3, -0.25) is 0 Å². The van der Waals surface area contributed by atoms with Gasteiger partial charge in [0.05, 0.1) is 11.7 Å². The Balaban J connectivity index is 1.65. The van der Waals surface area contributed by atoms with E-state index >= 15 is 0 Å². The highest BCUT2D eigenvalue weighted by Crippen LogP contribution is 2.34. The average Bonchev–Trinajstić information content (AvgIpc) is 3.13. The van der Waals surface area contributed by atoms with Gasteiger partial charge in [-0.05, 0) is 30.4 Å². The predicted molar refractivity (Wildman–Crippen MR) is 87.7 cm³/mol. The largest absolute Gasteiger partial charge is 0.348 e. The van der Waals surface area contributed by atoms with E-state index in [-0.39, 0.29) is 0 Å². The minimum atomic E-state index is 0.392. The van der Waals surface area contributed by atoms with Gasteiger partial charge in [0, 0.05) is 23.2 Å². The second-order valence-corrected chi connectivity index (χ2v) is 6.41. The standard InChI is InChI=1S/C17H17N3S/c1-12-8-10-21-16(12)14-7-9-20-11-15(19-17(20)18-14)13-5-3-2-4-6-13/h2-6,8,10-11,14H,7,9H2,1H3,(H,18,19). The summed E-state index contributed by atoms with van der Waals surface area (Å²) >= 11 is 1.83. The molecule has 1 aliphatic heterocycles. The molecule has 3 heterocycles. The fraction of sp³-hybridized carbons (Fsp3) is 0.235. The number of anilines is 1. The summed E-state index contributed by atoms with van der Waals surface area (Å²) in [4.78, 5) is 6.20. The van der Waals surface area contributed by atoms with E-state index < -0.39 is 0 Å². The maximum Gasteiger partial charge on any atom is 0.203 e. The van der Waals surface area contributed by atoms with Gasteiger partial charge in [0.1, 0.15) is 0 Å². The monoisotopic (exact) mass is 295 g/mol. The maximum atomic E-state index is 4.77. The number of thiophene rings is 1. The molecule has 3 aromatic rings. The maximum absolute atomic E-state index is 4.77. The van der Waals surface area contributed by atoms with E-state index in [1.54, 1.807) is 0 Å². The zero-order valence-corrected chi connectivity index (χ0v) is 12.7. The summed E-state index contributed by atoms with van der Waals surface area (Å²) in [6.07, 6.45) is 3.26. The molecule has 0 fully saturated rings. The van der Waals surface area contributed by atoms with Crippen molar-refractivity contribution in [2.24, 2.45) is 0 Å². The van der Waals surface area contributed by atoms with E-state index in [4.69, 9.17) is 4.98 Å². The molecular weight excluding hydrogens is 278 g/mol. The van der Waals surface area contributed by atoms with Crippen molar-refractivity contribution in [2.45, 2.75) is 25.9 Å². The van der Waals surface area contributed by atoms with Crippen molar-refractivity contribution in [1.82, 2.24) is 9.55 Å². The SMILES string of the molecule is Cc1ccsc1C1CCn2cc(-c3ccccc3)nc2N1. The molecule has 3 nitrogen and oxygen atoms in total. The Morgan fingerprint density at radius 1 is 1.24 bits per heavy atom. The van der Waals surface area contributed by atoms with E-state index in [9.17, 15) is 0 Å². The fourth-order valence-corrected chi connectivity index (χ4v) is 3.90. The minimum absolute atomic E-state index is 0.392. The molecule has 0 aliphatic carbocycles. The summed E-state index contributed by atoms with van der Waals surface area (Å²) in [5.74, 6) is 0.984. The topological polar surface area (TPSA) is 29.9 Å². The third-order valence-electron chi connectivity index (χ3n) is 4.03. The molecule has 0 radical (unpaired) electrons. The molecule has 1 atom stereocenters. The molecule has 2 aromatic heterocycles. The van der Waals surface area contributed by atoms with Crippen LogP contribution in [-0.2, 0) is 6.54 Å². The summed E-state index contributed by atoms with van der Waals surface area (Å²) in [5, 5.41) is 5.76. The number of nitrogens with zero attached hydrogens (tertiary/aromatic N) is 2. The molecule has 4 rings (SSSR count). The molecular formula is C17H17N3S. The molecule has 0 saturated heterocycles. The minimum Gasteiger partial charge on any atom is -0.348 e. The summed E-state index contributed by atoms with van der Waals surface area (Å²) in [7, 11) is 0. The smallest absolute Gasteiger partial charge is 0.203 e. The van der Waals surface area contributed by atoms with Crippen molar-refractivity contribution >= 4 is 17.3 Å². The van der Waals surface area contributed by atoms with Gasteiger partial charge in [0.15, 0.2) is 0 Å². The first-order valence-electron chi connectivity index (χ1n) is 7.24. The third kappa shape index (κ3) is 2.25. The summed E-state index contributed by atoms with van der Waals surface area (Å²) in [6, 6.07) is 12.9. The number of fused-ring (bicyclic) bond motifs is 1. The number of aryl methyl sites for hydroxylation is 2. The Morgan fingerprint density at radius 3 is 2.86 bits per heavy atom. The van der Waals surface area contributed by atoms with Crippen LogP contribution >= 0.6 is 11.3 Å². The van der Waals surface area contributed by atoms with Crippen LogP contribution in [0.25, 0.3) is 11.3 Å². The lowest BCUT2D eigenvalue weighted by molar-refractivity contribution is 0.546. The van der Waals surface area contributed by atoms with E-state index in [2.05, 4.69) is 58.7 Å². The van der Waals surface area contributed by atoms with E-state index in [0.29, 0.717) is 6.04 Å². The highest BCUT2D eigenvalue weighted by Gasteiger charge is 2.23. The zero-order chi connectivity index (χ0) is 14.2. The van der Waals surface area contributed by atoms with Crippen LogP contribution in [0.1, 0.15) is 22.9 Å². The van der Waals surface area contributed by atoms with Gasteiger partial charge in [-0.25, -0.2) is 4.98 Å². The molecule has 0 bridgehead atoms. The highest BCUT2D eigenvalue weighted by molar-refractivity contribution is 7.10. The molecule has 0 saturated carbocycles. The molecule has 1 N–H and O–H groups in total. The van der Waals surface area contributed by atoms with Crippen molar-refractivity contribution < 1.29 is 0 Å². The van der Waals surface area contributed by atoms with Crippen molar-refractivity contribution in [3.8, 4) is 11.3 Å². The lowest BCUT2D eigenvalue weighted by Crippen LogP contribution is -2.21. The lowest BCUT2D eigenvalue weighted by Gasteiger charge is -2.25. The average molecular weight is 295 g/mol. The molecule has 1 unspecified atom stereocenters. The fourth-order valence-electron chi connectivity index (χ4n) is 2.88. The Kier molecular flexibility index (Phi) is 3.04. The van der Waals surface area contributed by atoms with Gasteiger partial charge in [-0.1, -0.05) is 30.3 Å². The Bertz CT molecular complexity index is 757. The first-order chi connectivity index (χ1) is 10.3. The van der Waals surface area contributed by atoms with E-state index in [1.807, 2.05) is 17.4 Å². The third-order valence-corrected chi connectivity index (χ3v) is 5.16. The number of hydrogen-bond donors (Lipinski definition) is 1. The van der Waals surface area contributed by atoms with Gasteiger partial charge in [-0.2, -0.15) is 0 Å². The zero-order valence-electron chi connectivity index (χ0n) is 11.9.